The second-order valence-corrected chi connectivity index (χ2v) is 8.67. The van der Waals surface area contributed by atoms with Gasteiger partial charge in [-0.1, -0.05) is 41.1 Å². The first-order valence-electron chi connectivity index (χ1n) is 8.43. The van der Waals surface area contributed by atoms with Crippen molar-refractivity contribution in [1.29, 1.82) is 0 Å². The third kappa shape index (κ3) is 4.55. The topological polar surface area (TPSA) is 75.2 Å². The van der Waals surface area contributed by atoms with Crippen molar-refractivity contribution in [3.05, 3.63) is 34.9 Å². The standard InChI is InChI=1S/C17H19ClN4O2S2/c1-2-19-16-20-21-17(26-16)25-13-5-3-4-10-22(15(13)24)14(23)11-6-8-12(18)9-7-11/h6-9,13H,2-5,10H2,1H3,(H,19,20). The minimum absolute atomic E-state index is 0.160. The summed E-state index contributed by atoms with van der Waals surface area (Å²) in [5.41, 5.74) is 0.471. The molecule has 0 spiro atoms. The van der Waals surface area contributed by atoms with Crippen LogP contribution in [0, 0.1) is 0 Å². The average Bonchev–Trinajstić information content (AvgIpc) is 2.99. The fourth-order valence-electron chi connectivity index (χ4n) is 2.67. The number of benzene rings is 1. The van der Waals surface area contributed by atoms with E-state index in [9.17, 15) is 9.59 Å². The quantitative estimate of drug-likeness (QED) is 0.752. The van der Waals surface area contributed by atoms with E-state index in [1.54, 1.807) is 24.3 Å². The van der Waals surface area contributed by atoms with Gasteiger partial charge in [0.05, 0.1) is 5.25 Å². The number of carbonyl (C=O) groups excluding carboxylic acids is 2. The first kappa shape index (κ1) is 19.1. The Morgan fingerprint density at radius 3 is 2.85 bits per heavy atom. The first-order chi connectivity index (χ1) is 12.6. The van der Waals surface area contributed by atoms with Crippen molar-refractivity contribution < 1.29 is 9.59 Å². The van der Waals surface area contributed by atoms with Crippen LogP contribution in [0.3, 0.4) is 0 Å². The molecule has 0 radical (unpaired) electrons. The fraction of sp³-hybridized carbons (Fsp3) is 0.412. The molecule has 26 heavy (non-hydrogen) atoms. The van der Waals surface area contributed by atoms with Gasteiger partial charge in [-0.3, -0.25) is 14.5 Å². The SMILES string of the molecule is CCNc1nnc(SC2CCCCN(C(=O)c3ccc(Cl)cc3)C2=O)s1. The van der Waals surface area contributed by atoms with Gasteiger partial charge in [-0.15, -0.1) is 10.2 Å². The highest BCUT2D eigenvalue weighted by molar-refractivity contribution is 8.02. The largest absolute Gasteiger partial charge is 0.360 e. The van der Waals surface area contributed by atoms with Crippen molar-refractivity contribution in [2.24, 2.45) is 0 Å². The molecule has 0 saturated carbocycles. The van der Waals surface area contributed by atoms with E-state index in [4.69, 9.17) is 11.6 Å². The number of carbonyl (C=O) groups is 2. The smallest absolute Gasteiger partial charge is 0.260 e. The Morgan fingerprint density at radius 1 is 1.35 bits per heavy atom. The maximum absolute atomic E-state index is 13.0. The Hall–Kier alpha value is -1.64. The van der Waals surface area contributed by atoms with Gasteiger partial charge in [0.2, 0.25) is 11.0 Å². The number of amides is 2. The summed E-state index contributed by atoms with van der Waals surface area (Å²) in [4.78, 5) is 27.1. The Balaban J connectivity index is 1.74. The molecule has 9 heteroatoms. The van der Waals surface area contributed by atoms with Gasteiger partial charge < -0.3 is 5.32 Å². The number of halogens is 1. The predicted octanol–water partition coefficient (Wildman–Crippen LogP) is 3.94. The van der Waals surface area contributed by atoms with Crippen molar-refractivity contribution in [3.8, 4) is 0 Å². The molecule has 1 fully saturated rings. The summed E-state index contributed by atoms with van der Waals surface area (Å²) in [5, 5.41) is 12.3. The number of anilines is 1. The van der Waals surface area contributed by atoms with Crippen LogP contribution >= 0.6 is 34.7 Å². The van der Waals surface area contributed by atoms with E-state index in [-0.39, 0.29) is 17.1 Å². The van der Waals surface area contributed by atoms with E-state index in [2.05, 4.69) is 15.5 Å². The number of nitrogens with zero attached hydrogens (tertiary/aromatic N) is 3. The monoisotopic (exact) mass is 410 g/mol. The Kier molecular flexibility index (Phi) is 6.50. The van der Waals surface area contributed by atoms with E-state index < -0.39 is 0 Å². The minimum atomic E-state index is -0.323. The summed E-state index contributed by atoms with van der Waals surface area (Å²) in [7, 11) is 0. The maximum Gasteiger partial charge on any atom is 0.260 e. The van der Waals surface area contributed by atoms with Gasteiger partial charge in [0.1, 0.15) is 0 Å². The van der Waals surface area contributed by atoms with Gasteiger partial charge in [0.25, 0.3) is 5.91 Å². The summed E-state index contributed by atoms with van der Waals surface area (Å²) >= 11 is 8.70. The van der Waals surface area contributed by atoms with E-state index >= 15 is 0 Å². The van der Waals surface area contributed by atoms with Crippen LogP contribution in [-0.4, -0.2) is 45.3 Å². The molecule has 2 heterocycles. The summed E-state index contributed by atoms with van der Waals surface area (Å²) in [6.07, 6.45) is 2.43. The number of aromatic nitrogens is 2. The molecule has 0 bridgehead atoms. The van der Waals surface area contributed by atoms with Crippen molar-refractivity contribution in [2.75, 3.05) is 18.4 Å². The van der Waals surface area contributed by atoms with Gasteiger partial charge in [-0.25, -0.2) is 0 Å². The van der Waals surface area contributed by atoms with Crippen LogP contribution in [0.4, 0.5) is 5.13 Å². The predicted molar refractivity (Wildman–Crippen MR) is 105 cm³/mol. The highest BCUT2D eigenvalue weighted by atomic mass is 35.5. The molecule has 6 nitrogen and oxygen atoms in total. The van der Waals surface area contributed by atoms with Crippen molar-refractivity contribution in [2.45, 2.75) is 35.8 Å². The summed E-state index contributed by atoms with van der Waals surface area (Å²) in [6, 6.07) is 6.62. The number of rotatable bonds is 5. The van der Waals surface area contributed by atoms with Crippen LogP contribution in [0.1, 0.15) is 36.5 Å². The highest BCUT2D eigenvalue weighted by Crippen LogP contribution is 2.33. The molecular weight excluding hydrogens is 392 g/mol. The Bertz CT molecular complexity index is 781. The lowest BCUT2D eigenvalue weighted by atomic mass is 10.2. The molecule has 138 valence electrons. The zero-order valence-electron chi connectivity index (χ0n) is 14.3. The molecule has 1 aromatic heterocycles. The summed E-state index contributed by atoms with van der Waals surface area (Å²) in [6.45, 7) is 3.20. The van der Waals surface area contributed by atoms with Gasteiger partial charge in [0, 0.05) is 23.7 Å². The third-order valence-corrected chi connectivity index (χ3v) is 6.42. The number of nitrogens with one attached hydrogen (secondary N) is 1. The molecule has 1 unspecified atom stereocenters. The van der Waals surface area contributed by atoms with Gasteiger partial charge in [0.15, 0.2) is 4.34 Å². The fourth-order valence-corrected chi connectivity index (χ4v) is 4.96. The zero-order chi connectivity index (χ0) is 18.5. The zero-order valence-corrected chi connectivity index (χ0v) is 16.7. The van der Waals surface area contributed by atoms with Crippen LogP contribution in [-0.2, 0) is 4.79 Å². The molecule has 1 aromatic carbocycles. The van der Waals surface area contributed by atoms with Gasteiger partial charge in [-0.2, -0.15) is 0 Å². The van der Waals surface area contributed by atoms with E-state index in [0.29, 0.717) is 17.1 Å². The highest BCUT2D eigenvalue weighted by Gasteiger charge is 2.33. The number of hydrogen-bond acceptors (Lipinski definition) is 7. The number of hydrogen-bond donors (Lipinski definition) is 1. The number of thioether (sulfide) groups is 1. The lowest BCUT2D eigenvalue weighted by molar-refractivity contribution is -0.127. The van der Waals surface area contributed by atoms with Gasteiger partial charge in [-0.05, 0) is 44.0 Å². The molecule has 1 aliphatic heterocycles. The lowest BCUT2D eigenvalue weighted by Crippen LogP contribution is -2.41. The minimum Gasteiger partial charge on any atom is -0.360 e. The van der Waals surface area contributed by atoms with E-state index in [1.807, 2.05) is 6.92 Å². The molecule has 2 amide bonds. The van der Waals surface area contributed by atoms with Crippen LogP contribution < -0.4 is 5.32 Å². The average molecular weight is 411 g/mol. The molecule has 0 aliphatic carbocycles. The molecule has 1 N–H and O–H groups in total. The number of imide groups is 1. The van der Waals surface area contributed by atoms with Crippen LogP contribution in [0.15, 0.2) is 28.6 Å². The second kappa shape index (κ2) is 8.83. The summed E-state index contributed by atoms with van der Waals surface area (Å²) < 4.78 is 0.736. The maximum atomic E-state index is 13.0. The molecule has 3 rings (SSSR count). The molecule has 1 atom stereocenters. The van der Waals surface area contributed by atoms with Crippen LogP contribution in [0.5, 0.6) is 0 Å². The lowest BCUT2D eigenvalue weighted by Gasteiger charge is -2.22. The molecule has 1 saturated heterocycles. The van der Waals surface area contributed by atoms with Crippen molar-refractivity contribution in [1.82, 2.24) is 15.1 Å². The van der Waals surface area contributed by atoms with E-state index in [1.165, 1.54) is 28.0 Å². The Morgan fingerprint density at radius 2 is 2.12 bits per heavy atom. The third-order valence-electron chi connectivity index (χ3n) is 3.95. The summed E-state index contributed by atoms with van der Waals surface area (Å²) in [5.74, 6) is -0.433. The van der Waals surface area contributed by atoms with E-state index in [0.717, 1.165) is 35.3 Å². The number of likely N-dealkylation sites (tertiary alicyclic amines) is 1. The van der Waals surface area contributed by atoms with Crippen LogP contribution in [0.25, 0.3) is 0 Å². The second-order valence-electron chi connectivity index (χ2n) is 5.81. The van der Waals surface area contributed by atoms with Crippen LogP contribution in [0.2, 0.25) is 5.02 Å². The molecule has 2 aromatic rings. The molecular formula is C17H19ClN4O2S2. The van der Waals surface area contributed by atoms with Crippen molar-refractivity contribution in [3.63, 3.8) is 0 Å². The first-order valence-corrected chi connectivity index (χ1v) is 10.5. The van der Waals surface area contributed by atoms with Crippen molar-refractivity contribution >= 4 is 51.6 Å². The Labute approximate surface area is 165 Å². The van der Waals surface area contributed by atoms with Gasteiger partial charge >= 0.3 is 0 Å². The normalized spacial score (nSPS) is 17.8. The molecule has 1 aliphatic rings.